The van der Waals surface area contributed by atoms with Gasteiger partial charge in [0.05, 0.1) is 16.7 Å². The molecule has 0 aromatic heterocycles. The highest BCUT2D eigenvalue weighted by Gasteiger charge is 2.34. The van der Waals surface area contributed by atoms with Crippen LogP contribution in [0.5, 0.6) is 17.2 Å². The first-order valence-electron chi connectivity index (χ1n) is 9.49. The van der Waals surface area contributed by atoms with E-state index in [1.165, 1.54) is 61.5 Å². The van der Waals surface area contributed by atoms with Crippen LogP contribution in [0.1, 0.15) is 54.7 Å². The predicted molar refractivity (Wildman–Crippen MR) is 110 cm³/mol. The Bertz CT molecular complexity index is 1290. The Kier molecular flexibility index (Phi) is 5.19. The summed E-state index contributed by atoms with van der Waals surface area (Å²) in [5, 5.41) is 20.4. The maximum atomic E-state index is 12.9. The number of fused-ring (bicyclic) bond motifs is 2. The van der Waals surface area contributed by atoms with Crippen molar-refractivity contribution in [2.45, 2.75) is 13.5 Å². The minimum absolute atomic E-state index is 0.0314. The van der Waals surface area contributed by atoms with Gasteiger partial charge in [0.2, 0.25) is 5.78 Å². The number of rotatable bonds is 4. The van der Waals surface area contributed by atoms with E-state index >= 15 is 0 Å². The number of esters is 2. The van der Waals surface area contributed by atoms with Crippen molar-refractivity contribution in [3.8, 4) is 17.2 Å². The van der Waals surface area contributed by atoms with Crippen LogP contribution in [-0.4, -0.2) is 33.7 Å². The van der Waals surface area contributed by atoms with E-state index in [1.54, 1.807) is 0 Å². The number of carbonyl (C=O) groups excluding carboxylic acids is 4. The SMILES string of the molecule is CC(=O)Oc1ccc(C(=O)OCc2cc(O)c3c(c2)C(=O)c2cccc(O)c2C3=O)cc1. The molecular weight excluding hydrogens is 416 g/mol. The lowest BCUT2D eigenvalue weighted by atomic mass is 9.82. The first-order valence-corrected chi connectivity index (χ1v) is 9.49. The Labute approximate surface area is 181 Å². The molecule has 8 nitrogen and oxygen atoms in total. The van der Waals surface area contributed by atoms with Crippen molar-refractivity contribution < 1.29 is 38.9 Å². The molecule has 0 atom stereocenters. The zero-order chi connectivity index (χ0) is 23.0. The molecule has 1 aliphatic carbocycles. The summed E-state index contributed by atoms with van der Waals surface area (Å²) in [5.41, 5.74) is 0.139. The average Bonchev–Trinajstić information content (AvgIpc) is 2.75. The van der Waals surface area contributed by atoms with E-state index in [4.69, 9.17) is 9.47 Å². The Balaban J connectivity index is 1.55. The van der Waals surface area contributed by atoms with Crippen molar-refractivity contribution >= 4 is 23.5 Å². The highest BCUT2D eigenvalue weighted by Crippen LogP contribution is 2.37. The minimum atomic E-state index is -0.672. The van der Waals surface area contributed by atoms with Crippen LogP contribution < -0.4 is 4.74 Å². The first-order chi connectivity index (χ1) is 15.3. The lowest BCUT2D eigenvalue weighted by Crippen LogP contribution is -2.21. The Morgan fingerprint density at radius 3 is 2.22 bits per heavy atom. The summed E-state index contributed by atoms with van der Waals surface area (Å²) in [6.45, 7) is 0.996. The van der Waals surface area contributed by atoms with Gasteiger partial charge in [0.15, 0.2) is 5.78 Å². The fraction of sp³-hybridized carbons (Fsp3) is 0.0833. The molecule has 2 N–H and O–H groups in total. The second kappa shape index (κ2) is 7.99. The van der Waals surface area contributed by atoms with Crippen LogP contribution in [-0.2, 0) is 16.1 Å². The van der Waals surface area contributed by atoms with E-state index in [1.807, 2.05) is 0 Å². The Hall–Kier alpha value is -4.46. The molecule has 0 bridgehead atoms. The lowest BCUT2D eigenvalue weighted by Gasteiger charge is -2.20. The smallest absolute Gasteiger partial charge is 0.338 e. The highest BCUT2D eigenvalue weighted by atomic mass is 16.5. The molecule has 0 unspecified atom stereocenters. The molecule has 0 saturated heterocycles. The second-order valence-corrected chi connectivity index (χ2v) is 7.09. The maximum Gasteiger partial charge on any atom is 0.338 e. The van der Waals surface area contributed by atoms with Crippen LogP contribution in [0.3, 0.4) is 0 Å². The van der Waals surface area contributed by atoms with E-state index in [2.05, 4.69) is 0 Å². The number of ketones is 2. The first kappa shape index (κ1) is 20.8. The Morgan fingerprint density at radius 2 is 1.53 bits per heavy atom. The van der Waals surface area contributed by atoms with Gasteiger partial charge in [-0.1, -0.05) is 12.1 Å². The van der Waals surface area contributed by atoms with Gasteiger partial charge >= 0.3 is 11.9 Å². The molecular formula is C24H16O8. The molecule has 1 aliphatic rings. The zero-order valence-corrected chi connectivity index (χ0v) is 16.7. The molecule has 160 valence electrons. The minimum Gasteiger partial charge on any atom is -0.507 e. The Morgan fingerprint density at radius 1 is 0.844 bits per heavy atom. The third-order valence-corrected chi connectivity index (χ3v) is 4.88. The van der Waals surface area contributed by atoms with E-state index in [9.17, 15) is 29.4 Å². The third kappa shape index (κ3) is 3.69. The number of benzene rings is 3. The van der Waals surface area contributed by atoms with Crippen LogP contribution >= 0.6 is 0 Å². The molecule has 0 spiro atoms. The molecule has 3 aromatic carbocycles. The van der Waals surface area contributed by atoms with Crippen molar-refractivity contribution in [3.05, 3.63) is 88.0 Å². The maximum absolute atomic E-state index is 12.9. The molecule has 32 heavy (non-hydrogen) atoms. The summed E-state index contributed by atoms with van der Waals surface area (Å²) >= 11 is 0. The average molecular weight is 432 g/mol. The van der Waals surface area contributed by atoms with Crippen molar-refractivity contribution in [3.63, 3.8) is 0 Å². The van der Waals surface area contributed by atoms with Gasteiger partial charge in [-0.3, -0.25) is 14.4 Å². The van der Waals surface area contributed by atoms with Crippen molar-refractivity contribution in [2.75, 3.05) is 0 Å². The number of ether oxygens (including phenoxy) is 2. The zero-order valence-electron chi connectivity index (χ0n) is 16.7. The van der Waals surface area contributed by atoms with Gasteiger partial charge in [0.25, 0.3) is 0 Å². The molecule has 0 aliphatic heterocycles. The van der Waals surface area contributed by atoms with Crippen LogP contribution in [0.4, 0.5) is 0 Å². The number of phenolic OH excluding ortho intramolecular Hbond substituents is 2. The topological polar surface area (TPSA) is 127 Å². The van der Waals surface area contributed by atoms with E-state index < -0.39 is 29.3 Å². The van der Waals surface area contributed by atoms with Gasteiger partial charge in [-0.05, 0) is 48.0 Å². The largest absolute Gasteiger partial charge is 0.507 e. The standard InChI is InChI=1S/C24H16O8/c1-12(25)32-15-7-5-14(6-8-15)24(30)31-11-13-9-17-21(19(27)10-13)23(29)20-16(22(17)28)3-2-4-18(20)26/h2-10,26-27H,11H2,1H3. The fourth-order valence-corrected chi connectivity index (χ4v) is 3.48. The summed E-state index contributed by atoms with van der Waals surface area (Å²) in [6.07, 6.45) is 0. The van der Waals surface area contributed by atoms with Crippen molar-refractivity contribution in [1.29, 1.82) is 0 Å². The van der Waals surface area contributed by atoms with Gasteiger partial charge in [0.1, 0.15) is 23.9 Å². The molecule has 8 heteroatoms. The van der Waals surface area contributed by atoms with Gasteiger partial charge in [-0.25, -0.2) is 4.79 Å². The second-order valence-electron chi connectivity index (χ2n) is 7.09. The molecule has 0 amide bonds. The molecule has 3 aromatic rings. The predicted octanol–water partition coefficient (Wildman–Crippen LogP) is 3.16. The van der Waals surface area contributed by atoms with Crippen LogP contribution in [0.2, 0.25) is 0 Å². The number of carbonyl (C=O) groups is 4. The number of hydrogen-bond acceptors (Lipinski definition) is 8. The third-order valence-electron chi connectivity index (χ3n) is 4.88. The number of hydrogen-bond donors (Lipinski definition) is 2. The van der Waals surface area contributed by atoms with Gasteiger partial charge in [-0.2, -0.15) is 0 Å². The van der Waals surface area contributed by atoms with E-state index in [0.717, 1.165) is 0 Å². The van der Waals surface area contributed by atoms with Crippen LogP contribution in [0.15, 0.2) is 54.6 Å². The summed E-state index contributed by atoms with van der Waals surface area (Å²) in [7, 11) is 0. The lowest BCUT2D eigenvalue weighted by molar-refractivity contribution is -0.131. The number of phenols is 2. The monoisotopic (exact) mass is 432 g/mol. The van der Waals surface area contributed by atoms with Crippen LogP contribution in [0.25, 0.3) is 0 Å². The van der Waals surface area contributed by atoms with Crippen molar-refractivity contribution in [2.24, 2.45) is 0 Å². The molecule has 0 fully saturated rings. The normalized spacial score (nSPS) is 12.0. The fourth-order valence-electron chi connectivity index (χ4n) is 3.48. The van der Waals surface area contributed by atoms with Crippen LogP contribution in [0, 0.1) is 0 Å². The van der Waals surface area contributed by atoms with E-state index in [0.29, 0.717) is 5.56 Å². The molecule has 0 heterocycles. The summed E-state index contributed by atoms with van der Waals surface area (Å²) in [4.78, 5) is 48.9. The highest BCUT2D eigenvalue weighted by molar-refractivity contribution is 6.30. The molecule has 4 rings (SSSR count). The van der Waals surface area contributed by atoms with Gasteiger partial charge < -0.3 is 19.7 Å². The number of aromatic hydroxyl groups is 2. The quantitative estimate of drug-likeness (QED) is 0.372. The molecule has 0 saturated carbocycles. The molecule has 0 radical (unpaired) electrons. The van der Waals surface area contributed by atoms with Crippen molar-refractivity contribution in [1.82, 2.24) is 0 Å². The van der Waals surface area contributed by atoms with E-state index in [-0.39, 0.29) is 45.9 Å². The van der Waals surface area contributed by atoms with Gasteiger partial charge in [0, 0.05) is 18.1 Å². The summed E-state index contributed by atoms with van der Waals surface area (Å²) in [5.74, 6) is -2.87. The summed E-state index contributed by atoms with van der Waals surface area (Å²) in [6, 6.07) is 12.5. The summed E-state index contributed by atoms with van der Waals surface area (Å²) < 4.78 is 10.1. The van der Waals surface area contributed by atoms with Gasteiger partial charge in [-0.15, -0.1) is 0 Å².